The van der Waals surface area contributed by atoms with Crippen LogP contribution in [0.25, 0.3) is 0 Å². The zero-order valence-electron chi connectivity index (χ0n) is 13.1. The Morgan fingerprint density at radius 1 is 0.583 bits per heavy atom. The van der Waals surface area contributed by atoms with Gasteiger partial charge in [-0.3, -0.25) is 29.0 Å². The first-order chi connectivity index (χ1) is 11.6. The van der Waals surface area contributed by atoms with Crippen molar-refractivity contribution >= 4 is 23.6 Å². The number of hydrogen-bond donors (Lipinski definition) is 0. The minimum atomic E-state index is -0.426. The molecule has 7 rings (SSSR count). The Morgan fingerprint density at radius 2 is 0.875 bits per heavy atom. The fraction of sp³-hybridized carbons (Fsp3) is 0.667. The van der Waals surface area contributed by atoms with Gasteiger partial charge in [-0.15, -0.1) is 0 Å². The third-order valence-electron chi connectivity index (χ3n) is 6.90. The topological polar surface area (TPSA) is 74.8 Å². The van der Waals surface area contributed by atoms with E-state index in [1.165, 1.54) is 9.80 Å². The summed E-state index contributed by atoms with van der Waals surface area (Å²) in [6, 6.07) is 0.119. The van der Waals surface area contributed by atoms with E-state index in [2.05, 4.69) is 0 Å². The molecule has 6 nitrogen and oxygen atoms in total. The van der Waals surface area contributed by atoms with Crippen LogP contribution in [0.4, 0.5) is 0 Å². The van der Waals surface area contributed by atoms with Crippen LogP contribution in [0.1, 0.15) is 25.7 Å². The highest BCUT2D eigenvalue weighted by molar-refractivity contribution is 6.11. The number of amides is 4. The van der Waals surface area contributed by atoms with Crippen molar-refractivity contribution in [2.75, 3.05) is 0 Å². The molecule has 2 aliphatic heterocycles. The van der Waals surface area contributed by atoms with E-state index in [1.807, 2.05) is 12.2 Å². The average molecular weight is 326 g/mol. The molecule has 0 N–H and O–H groups in total. The summed E-state index contributed by atoms with van der Waals surface area (Å²) in [6.45, 7) is 0. The monoisotopic (exact) mass is 326 g/mol. The van der Waals surface area contributed by atoms with E-state index in [1.54, 1.807) is 0 Å². The molecule has 0 aromatic rings. The second-order valence-electron chi connectivity index (χ2n) is 8.20. The molecule has 2 saturated heterocycles. The largest absolute Gasteiger partial charge is 0.279 e. The molecule has 4 amide bonds. The van der Waals surface area contributed by atoms with Crippen molar-refractivity contribution in [1.29, 1.82) is 0 Å². The van der Waals surface area contributed by atoms with Gasteiger partial charge in [-0.1, -0.05) is 12.2 Å². The van der Waals surface area contributed by atoms with Crippen LogP contribution < -0.4 is 0 Å². The molecular formula is C18H18N2O4. The predicted molar refractivity (Wildman–Crippen MR) is 79.8 cm³/mol. The number of carbonyl (C=O) groups is 4. The van der Waals surface area contributed by atoms with E-state index in [0.29, 0.717) is 0 Å². The lowest BCUT2D eigenvalue weighted by molar-refractivity contribution is -0.140. The summed E-state index contributed by atoms with van der Waals surface area (Å²) >= 11 is 0. The first-order valence-electron chi connectivity index (χ1n) is 9.02. The highest BCUT2D eigenvalue weighted by atomic mass is 16.2. The number of allylic oxidation sites excluding steroid dienone is 2. The normalized spacial score (nSPS) is 46.2. The van der Waals surface area contributed by atoms with Crippen molar-refractivity contribution in [2.45, 2.75) is 37.8 Å². The molecule has 6 heteroatoms. The Kier molecular flexibility index (Phi) is 2.21. The van der Waals surface area contributed by atoms with Crippen molar-refractivity contribution in [3.63, 3.8) is 0 Å². The Hall–Kier alpha value is -1.98. The van der Waals surface area contributed by atoms with Gasteiger partial charge in [0.25, 0.3) is 0 Å². The number of likely N-dealkylation sites (tertiary alicyclic amines) is 2. The molecule has 0 radical (unpaired) electrons. The van der Waals surface area contributed by atoms with Crippen LogP contribution in [0, 0.1) is 35.5 Å². The predicted octanol–water partition coefficient (Wildman–Crippen LogP) is 0.329. The van der Waals surface area contributed by atoms with E-state index >= 15 is 0 Å². The standard InChI is InChI=1S/C18H18N2O4/c21-15-11-9-5-6-10(12(11)16(22)19(15)7-1-2-7)14-13(9)17(23)20(18(14)24)8-3-4-8/h5-14H,1-4H2/t9?,10?,11-,12+,13-,14+. The zero-order chi connectivity index (χ0) is 16.3. The average Bonchev–Trinajstić information content (AvgIpc) is 3.48. The number of hydrogen-bond acceptors (Lipinski definition) is 4. The lowest BCUT2D eigenvalue weighted by atomic mass is 9.54. The molecule has 0 aromatic heterocycles. The van der Waals surface area contributed by atoms with Gasteiger partial charge in [-0.05, 0) is 25.7 Å². The first kappa shape index (κ1) is 13.3. The molecule has 0 aromatic carbocycles. The third-order valence-corrected chi connectivity index (χ3v) is 6.90. The summed E-state index contributed by atoms with van der Waals surface area (Å²) in [5.41, 5.74) is 0. The molecule has 3 saturated carbocycles. The minimum absolute atomic E-state index is 0.0595. The smallest absolute Gasteiger partial charge is 0.233 e. The van der Waals surface area contributed by atoms with Crippen LogP contribution in [0.15, 0.2) is 12.2 Å². The van der Waals surface area contributed by atoms with Gasteiger partial charge in [-0.25, -0.2) is 0 Å². The molecule has 24 heavy (non-hydrogen) atoms. The second kappa shape index (κ2) is 3.98. The Morgan fingerprint density at radius 3 is 1.12 bits per heavy atom. The van der Waals surface area contributed by atoms with E-state index in [-0.39, 0.29) is 47.5 Å². The summed E-state index contributed by atoms with van der Waals surface area (Å²) in [5.74, 6) is -2.68. The van der Waals surface area contributed by atoms with Gasteiger partial charge in [0, 0.05) is 23.9 Å². The maximum atomic E-state index is 12.9. The Labute approximate surface area is 138 Å². The summed E-state index contributed by atoms with van der Waals surface area (Å²) in [6.07, 6.45) is 7.44. The molecule has 124 valence electrons. The first-order valence-corrected chi connectivity index (χ1v) is 9.02. The van der Waals surface area contributed by atoms with Crippen molar-refractivity contribution in [2.24, 2.45) is 35.5 Å². The third kappa shape index (κ3) is 1.36. The van der Waals surface area contributed by atoms with Crippen molar-refractivity contribution in [1.82, 2.24) is 9.80 Å². The number of carbonyl (C=O) groups excluding carboxylic acids is 4. The second-order valence-corrected chi connectivity index (χ2v) is 8.20. The van der Waals surface area contributed by atoms with Crippen LogP contribution >= 0.6 is 0 Å². The van der Waals surface area contributed by atoms with Gasteiger partial charge in [0.05, 0.1) is 23.7 Å². The molecule has 2 heterocycles. The Balaban J connectivity index is 1.44. The van der Waals surface area contributed by atoms with Gasteiger partial charge in [0.15, 0.2) is 0 Å². The molecule has 5 fully saturated rings. The summed E-state index contributed by atoms with van der Waals surface area (Å²) in [7, 11) is 0. The highest BCUT2D eigenvalue weighted by Gasteiger charge is 2.70. The zero-order valence-corrected chi connectivity index (χ0v) is 13.1. The van der Waals surface area contributed by atoms with E-state index in [0.717, 1.165) is 25.7 Å². The van der Waals surface area contributed by atoms with Crippen LogP contribution in [-0.2, 0) is 19.2 Å². The maximum Gasteiger partial charge on any atom is 0.233 e. The quantitative estimate of drug-likeness (QED) is 0.541. The summed E-state index contributed by atoms with van der Waals surface area (Å²) < 4.78 is 0. The molecule has 0 unspecified atom stereocenters. The molecule has 0 spiro atoms. The van der Waals surface area contributed by atoms with Crippen LogP contribution in [0.3, 0.4) is 0 Å². The SMILES string of the molecule is O=C1[C@@H]2C3C=CC([C@@H]2C(=O)N1C1CC1)[C@@H]1C(=O)N(C2CC2)C(=O)[C@H]31. The molecule has 4 atom stereocenters. The van der Waals surface area contributed by atoms with E-state index in [4.69, 9.17) is 0 Å². The lowest BCUT2D eigenvalue weighted by Gasteiger charge is -2.44. The van der Waals surface area contributed by atoms with Crippen LogP contribution in [0.5, 0.6) is 0 Å². The van der Waals surface area contributed by atoms with Crippen LogP contribution in [-0.4, -0.2) is 45.5 Å². The molecule has 5 aliphatic carbocycles. The number of imide groups is 2. The molecular weight excluding hydrogens is 308 g/mol. The van der Waals surface area contributed by atoms with Gasteiger partial charge in [0.1, 0.15) is 0 Å². The summed E-state index contributed by atoms with van der Waals surface area (Å²) in [5, 5.41) is 0. The van der Waals surface area contributed by atoms with Gasteiger partial charge >= 0.3 is 0 Å². The highest BCUT2D eigenvalue weighted by Crippen LogP contribution is 2.59. The Bertz CT molecular complexity index is 644. The van der Waals surface area contributed by atoms with Gasteiger partial charge < -0.3 is 0 Å². The van der Waals surface area contributed by atoms with Gasteiger partial charge in [-0.2, -0.15) is 0 Å². The van der Waals surface area contributed by atoms with Gasteiger partial charge in [0.2, 0.25) is 23.6 Å². The maximum absolute atomic E-state index is 12.9. The minimum Gasteiger partial charge on any atom is -0.279 e. The van der Waals surface area contributed by atoms with Crippen LogP contribution in [0.2, 0.25) is 0 Å². The van der Waals surface area contributed by atoms with Crippen molar-refractivity contribution in [3.8, 4) is 0 Å². The molecule has 2 bridgehead atoms. The lowest BCUT2D eigenvalue weighted by Crippen LogP contribution is -2.50. The number of nitrogens with zero attached hydrogens (tertiary/aromatic N) is 2. The van der Waals surface area contributed by atoms with E-state index in [9.17, 15) is 19.2 Å². The molecule has 7 aliphatic rings. The van der Waals surface area contributed by atoms with Crippen molar-refractivity contribution < 1.29 is 19.2 Å². The fourth-order valence-electron chi connectivity index (χ4n) is 5.66. The fourth-order valence-corrected chi connectivity index (χ4v) is 5.66. The van der Waals surface area contributed by atoms with E-state index < -0.39 is 23.7 Å². The number of rotatable bonds is 2. The van der Waals surface area contributed by atoms with Crippen molar-refractivity contribution in [3.05, 3.63) is 12.2 Å². The summed E-state index contributed by atoms with van der Waals surface area (Å²) in [4.78, 5) is 54.5.